The molecule has 1 aromatic carbocycles. The summed E-state index contributed by atoms with van der Waals surface area (Å²) in [7, 11) is 0. The van der Waals surface area contributed by atoms with E-state index >= 15 is 0 Å². The van der Waals surface area contributed by atoms with Gasteiger partial charge in [-0.15, -0.1) is 0 Å². The normalized spacial score (nSPS) is 14.9. The van der Waals surface area contributed by atoms with Gasteiger partial charge in [-0.3, -0.25) is 9.88 Å². The van der Waals surface area contributed by atoms with Gasteiger partial charge in [0.2, 0.25) is 0 Å². The molecule has 1 aliphatic heterocycles. The maximum atomic E-state index is 12.6. The summed E-state index contributed by atoms with van der Waals surface area (Å²) in [6.45, 7) is 8.57. The molecule has 0 bridgehead atoms. The van der Waals surface area contributed by atoms with Crippen LogP contribution in [0.3, 0.4) is 0 Å². The molecule has 26 heavy (non-hydrogen) atoms. The zero-order valence-electron chi connectivity index (χ0n) is 15.4. The molecular formula is C20H26N4O2. The summed E-state index contributed by atoms with van der Waals surface area (Å²) in [5.74, 6) is 0.720. The fourth-order valence-electron chi connectivity index (χ4n) is 3.06. The van der Waals surface area contributed by atoms with Crippen molar-refractivity contribution < 1.29 is 9.53 Å². The van der Waals surface area contributed by atoms with E-state index in [1.54, 1.807) is 0 Å². The lowest BCUT2D eigenvalue weighted by molar-refractivity contribution is 0.143. The minimum absolute atomic E-state index is 0.0710. The molecule has 2 heterocycles. The minimum Gasteiger partial charge on any atom is -0.492 e. The van der Waals surface area contributed by atoms with E-state index in [0.717, 1.165) is 36.6 Å². The molecule has 0 atom stereocenters. The third-order valence-electron chi connectivity index (χ3n) is 4.49. The lowest BCUT2D eigenvalue weighted by Gasteiger charge is -2.34. The molecule has 3 rings (SSSR count). The molecule has 1 N–H and O–H groups in total. The predicted molar refractivity (Wildman–Crippen MR) is 102 cm³/mol. The van der Waals surface area contributed by atoms with Crippen molar-refractivity contribution in [3.8, 4) is 5.75 Å². The molecule has 1 fully saturated rings. The number of urea groups is 1. The van der Waals surface area contributed by atoms with E-state index < -0.39 is 0 Å². The molecule has 6 heteroatoms. The second-order valence-corrected chi connectivity index (χ2v) is 6.48. The number of nitrogens with one attached hydrogen (secondary N) is 1. The molecule has 1 aliphatic rings. The number of aryl methyl sites for hydroxylation is 1. The van der Waals surface area contributed by atoms with Crippen molar-refractivity contribution in [1.29, 1.82) is 0 Å². The van der Waals surface area contributed by atoms with Gasteiger partial charge in [-0.25, -0.2) is 4.79 Å². The Labute approximate surface area is 154 Å². The number of carbonyl (C=O) groups is 1. The summed E-state index contributed by atoms with van der Waals surface area (Å²) in [6.07, 6.45) is 3.63. The van der Waals surface area contributed by atoms with Gasteiger partial charge in [-0.05, 0) is 49.2 Å². The largest absolute Gasteiger partial charge is 0.492 e. The summed E-state index contributed by atoms with van der Waals surface area (Å²) in [5.41, 5.74) is 3.08. The molecule has 2 amide bonds. The number of aromatic nitrogens is 1. The molecular weight excluding hydrogens is 328 g/mol. The van der Waals surface area contributed by atoms with Crippen LogP contribution in [0.5, 0.6) is 5.75 Å². The number of hydrogen-bond donors (Lipinski definition) is 1. The van der Waals surface area contributed by atoms with Crippen molar-refractivity contribution in [1.82, 2.24) is 14.8 Å². The van der Waals surface area contributed by atoms with Gasteiger partial charge in [-0.2, -0.15) is 0 Å². The second kappa shape index (κ2) is 8.67. The van der Waals surface area contributed by atoms with Gasteiger partial charge < -0.3 is 15.0 Å². The standard InChI is InChI=1S/C20H26N4O2/c1-3-26-19-14-16(2)4-5-18(19)22-20(25)24-12-10-23(11-13-24)15-17-6-8-21-9-7-17/h4-9,14H,3,10-13,15H2,1-2H3,(H,22,25). The average Bonchev–Trinajstić information content (AvgIpc) is 2.65. The number of benzene rings is 1. The highest BCUT2D eigenvalue weighted by molar-refractivity contribution is 5.91. The lowest BCUT2D eigenvalue weighted by Crippen LogP contribution is -2.49. The Balaban J connectivity index is 1.54. The number of nitrogens with zero attached hydrogens (tertiary/aromatic N) is 3. The Kier molecular flexibility index (Phi) is 6.07. The monoisotopic (exact) mass is 354 g/mol. The van der Waals surface area contributed by atoms with Gasteiger partial charge in [0.15, 0.2) is 0 Å². The SMILES string of the molecule is CCOc1cc(C)ccc1NC(=O)N1CCN(Cc2ccncc2)CC1. The van der Waals surface area contributed by atoms with Crippen molar-refractivity contribution in [2.75, 3.05) is 38.1 Å². The van der Waals surface area contributed by atoms with Gasteiger partial charge >= 0.3 is 6.03 Å². The summed E-state index contributed by atoms with van der Waals surface area (Å²) < 4.78 is 5.64. The number of anilines is 1. The van der Waals surface area contributed by atoms with Crippen molar-refractivity contribution in [2.24, 2.45) is 0 Å². The van der Waals surface area contributed by atoms with Crippen molar-refractivity contribution in [3.63, 3.8) is 0 Å². The number of carbonyl (C=O) groups excluding carboxylic acids is 1. The van der Waals surface area contributed by atoms with E-state index in [2.05, 4.69) is 15.2 Å². The first kappa shape index (κ1) is 18.2. The highest BCUT2D eigenvalue weighted by atomic mass is 16.5. The number of ether oxygens (including phenoxy) is 1. The first-order valence-electron chi connectivity index (χ1n) is 9.06. The third kappa shape index (κ3) is 4.73. The zero-order chi connectivity index (χ0) is 18.4. The van der Waals surface area contributed by atoms with Crippen LogP contribution in [-0.4, -0.2) is 53.6 Å². The Morgan fingerprint density at radius 3 is 2.58 bits per heavy atom. The van der Waals surface area contributed by atoms with Crippen LogP contribution < -0.4 is 10.1 Å². The Bertz CT molecular complexity index is 728. The zero-order valence-corrected chi connectivity index (χ0v) is 15.4. The summed E-state index contributed by atoms with van der Waals surface area (Å²) in [6, 6.07) is 9.82. The van der Waals surface area contributed by atoms with E-state index in [4.69, 9.17) is 4.74 Å². The van der Waals surface area contributed by atoms with Crippen LogP contribution in [0.4, 0.5) is 10.5 Å². The molecule has 2 aromatic rings. The van der Waals surface area contributed by atoms with Crippen molar-refractivity contribution >= 4 is 11.7 Å². The van der Waals surface area contributed by atoms with Crippen LogP contribution >= 0.6 is 0 Å². The van der Waals surface area contributed by atoms with E-state index in [-0.39, 0.29) is 6.03 Å². The van der Waals surface area contributed by atoms with Gasteiger partial charge in [0.05, 0.1) is 12.3 Å². The molecule has 0 saturated carbocycles. The quantitative estimate of drug-likeness (QED) is 0.896. The van der Waals surface area contributed by atoms with E-state index in [0.29, 0.717) is 19.7 Å². The minimum atomic E-state index is -0.0710. The number of hydrogen-bond acceptors (Lipinski definition) is 4. The van der Waals surface area contributed by atoms with Gasteiger partial charge in [0.25, 0.3) is 0 Å². The highest BCUT2D eigenvalue weighted by Crippen LogP contribution is 2.26. The fraction of sp³-hybridized carbons (Fsp3) is 0.400. The third-order valence-corrected chi connectivity index (χ3v) is 4.49. The summed E-state index contributed by atoms with van der Waals surface area (Å²) >= 11 is 0. The molecule has 0 aliphatic carbocycles. The molecule has 0 radical (unpaired) electrons. The Morgan fingerprint density at radius 2 is 1.88 bits per heavy atom. The molecule has 6 nitrogen and oxygen atoms in total. The molecule has 138 valence electrons. The second-order valence-electron chi connectivity index (χ2n) is 6.48. The number of rotatable bonds is 5. The first-order chi connectivity index (χ1) is 12.7. The lowest BCUT2D eigenvalue weighted by atomic mass is 10.2. The highest BCUT2D eigenvalue weighted by Gasteiger charge is 2.22. The maximum absolute atomic E-state index is 12.6. The number of piperazine rings is 1. The Morgan fingerprint density at radius 1 is 1.15 bits per heavy atom. The van der Waals surface area contributed by atoms with Crippen LogP contribution in [-0.2, 0) is 6.54 Å². The maximum Gasteiger partial charge on any atom is 0.322 e. The van der Waals surface area contributed by atoms with E-state index in [1.807, 2.05) is 61.5 Å². The average molecular weight is 354 g/mol. The van der Waals surface area contributed by atoms with Gasteiger partial charge in [0.1, 0.15) is 5.75 Å². The van der Waals surface area contributed by atoms with Gasteiger partial charge in [-0.1, -0.05) is 6.07 Å². The molecule has 1 saturated heterocycles. The van der Waals surface area contributed by atoms with E-state index in [1.165, 1.54) is 5.56 Å². The van der Waals surface area contributed by atoms with Crippen LogP contribution in [0.25, 0.3) is 0 Å². The number of pyridine rings is 1. The Hall–Kier alpha value is -2.60. The van der Waals surface area contributed by atoms with Crippen molar-refractivity contribution in [2.45, 2.75) is 20.4 Å². The summed E-state index contributed by atoms with van der Waals surface area (Å²) in [4.78, 5) is 20.9. The smallest absolute Gasteiger partial charge is 0.322 e. The van der Waals surface area contributed by atoms with Crippen LogP contribution in [0, 0.1) is 6.92 Å². The first-order valence-corrected chi connectivity index (χ1v) is 9.06. The number of amides is 2. The van der Waals surface area contributed by atoms with E-state index in [9.17, 15) is 4.79 Å². The molecule has 0 spiro atoms. The molecule has 1 aromatic heterocycles. The topological polar surface area (TPSA) is 57.7 Å². The van der Waals surface area contributed by atoms with Crippen LogP contribution in [0.1, 0.15) is 18.1 Å². The predicted octanol–water partition coefficient (Wildman–Crippen LogP) is 3.14. The van der Waals surface area contributed by atoms with Crippen LogP contribution in [0.2, 0.25) is 0 Å². The molecule has 0 unspecified atom stereocenters. The van der Waals surface area contributed by atoms with Crippen molar-refractivity contribution in [3.05, 3.63) is 53.9 Å². The summed E-state index contributed by atoms with van der Waals surface area (Å²) in [5, 5.41) is 2.99. The van der Waals surface area contributed by atoms with Gasteiger partial charge in [0, 0.05) is 45.1 Å². The van der Waals surface area contributed by atoms with Crippen LogP contribution in [0.15, 0.2) is 42.7 Å². The fourth-order valence-corrected chi connectivity index (χ4v) is 3.06.